The lowest BCUT2D eigenvalue weighted by Crippen LogP contribution is -2.18. The van der Waals surface area contributed by atoms with Crippen LogP contribution < -0.4 is 20.7 Å². The van der Waals surface area contributed by atoms with Gasteiger partial charge >= 0.3 is 6.09 Å². The molecule has 0 aliphatic heterocycles. The number of nitrogens with one attached hydrogen (secondary N) is 3. The molecule has 0 aromatic heterocycles. The quantitative estimate of drug-likeness (QED) is 0.392. The molecule has 154 valence electrons. The van der Waals surface area contributed by atoms with Crippen LogP contribution in [-0.4, -0.2) is 50.2 Å². The van der Waals surface area contributed by atoms with E-state index in [1.807, 2.05) is 49.9 Å². The fraction of sp³-hybridized carbons (Fsp3) is 0.286. The summed E-state index contributed by atoms with van der Waals surface area (Å²) in [4.78, 5) is 24.3. The minimum absolute atomic E-state index is 0.241. The Kier molecular flexibility index (Phi) is 7.59. The van der Waals surface area contributed by atoms with Gasteiger partial charge in [0, 0.05) is 18.2 Å². The Bertz CT molecular complexity index is 903. The van der Waals surface area contributed by atoms with Crippen molar-refractivity contribution in [1.29, 1.82) is 0 Å². The number of hydrogen-bond donors (Lipinski definition) is 3. The van der Waals surface area contributed by atoms with Gasteiger partial charge in [-0.2, -0.15) is 0 Å². The van der Waals surface area contributed by atoms with Crippen LogP contribution in [0.5, 0.6) is 5.75 Å². The summed E-state index contributed by atoms with van der Waals surface area (Å²) < 4.78 is 12.1. The minimum Gasteiger partial charge on any atom is -0.495 e. The Hall–Kier alpha value is -3.55. The van der Waals surface area contributed by atoms with Gasteiger partial charge in [0.25, 0.3) is 5.91 Å². The van der Waals surface area contributed by atoms with Gasteiger partial charge in [0.1, 0.15) is 11.4 Å². The van der Waals surface area contributed by atoms with Crippen molar-refractivity contribution in [3.8, 4) is 5.75 Å². The highest BCUT2D eigenvalue weighted by Crippen LogP contribution is 2.26. The van der Waals surface area contributed by atoms with Crippen LogP contribution in [0.25, 0.3) is 0 Å². The predicted octanol–water partition coefficient (Wildman–Crippen LogP) is 3.62. The molecule has 0 heterocycles. The average molecular weight is 399 g/mol. The monoisotopic (exact) mass is 399 g/mol. The van der Waals surface area contributed by atoms with Gasteiger partial charge in [0.05, 0.1) is 33.5 Å². The van der Waals surface area contributed by atoms with E-state index < -0.39 is 6.09 Å². The highest BCUT2D eigenvalue weighted by atomic mass is 16.5. The molecular weight excluding hydrogens is 372 g/mol. The number of benzene rings is 2. The van der Waals surface area contributed by atoms with Gasteiger partial charge in [-0.1, -0.05) is 0 Å². The lowest BCUT2D eigenvalue weighted by atomic mass is 10.1. The van der Waals surface area contributed by atoms with E-state index in [1.54, 1.807) is 19.1 Å². The summed E-state index contributed by atoms with van der Waals surface area (Å²) in [6.07, 6.45) is -0.615. The third-order valence-electron chi connectivity index (χ3n) is 4.11. The van der Waals surface area contributed by atoms with Gasteiger partial charge in [-0.25, -0.2) is 10.1 Å². The van der Waals surface area contributed by atoms with Crippen molar-refractivity contribution in [2.75, 3.05) is 43.8 Å². The van der Waals surface area contributed by atoms with Crippen molar-refractivity contribution in [1.82, 2.24) is 0 Å². The fourth-order valence-corrected chi connectivity index (χ4v) is 2.38. The van der Waals surface area contributed by atoms with Crippen LogP contribution in [0.3, 0.4) is 0 Å². The van der Waals surface area contributed by atoms with Crippen molar-refractivity contribution in [2.24, 2.45) is 0 Å². The maximum absolute atomic E-state index is 12.6. The zero-order chi connectivity index (χ0) is 21.4. The van der Waals surface area contributed by atoms with E-state index in [1.165, 1.54) is 13.2 Å². The normalized spacial score (nSPS) is 9.97. The third kappa shape index (κ3) is 6.24. The predicted molar refractivity (Wildman–Crippen MR) is 114 cm³/mol. The Morgan fingerprint density at radius 3 is 2.14 bits per heavy atom. The largest absolute Gasteiger partial charge is 0.495 e. The van der Waals surface area contributed by atoms with Crippen LogP contribution in [0.15, 0.2) is 42.5 Å². The highest BCUT2D eigenvalue weighted by molar-refractivity contribution is 6.05. The summed E-state index contributed by atoms with van der Waals surface area (Å²) in [5.74, 6) is 1.12. The summed E-state index contributed by atoms with van der Waals surface area (Å²) in [6, 6.07) is 12.2. The number of carbonyl (C=O) groups is 2. The Balaban J connectivity index is 2.12. The lowest BCUT2D eigenvalue weighted by molar-refractivity contribution is -0.464. The first-order valence-corrected chi connectivity index (χ1v) is 9.15. The van der Waals surface area contributed by atoms with Gasteiger partial charge in [-0.05, 0) is 49.4 Å². The number of carbonyl (C=O) groups excluding carboxylic acids is 2. The molecule has 8 nitrogen and oxygen atoms in total. The van der Waals surface area contributed by atoms with Gasteiger partial charge in [0.2, 0.25) is 5.84 Å². The van der Waals surface area contributed by atoms with E-state index >= 15 is 0 Å². The van der Waals surface area contributed by atoms with Gasteiger partial charge < -0.3 is 14.8 Å². The molecule has 2 aromatic carbocycles. The van der Waals surface area contributed by atoms with Gasteiger partial charge in [-0.15, -0.1) is 0 Å². The number of amidine groups is 1. The molecule has 0 fully saturated rings. The molecule has 2 aromatic rings. The number of amides is 2. The summed E-state index contributed by atoms with van der Waals surface area (Å²) in [5.41, 5.74) is 2.29. The summed E-state index contributed by atoms with van der Waals surface area (Å²) in [6.45, 7) is 3.92. The van der Waals surface area contributed by atoms with Crippen molar-refractivity contribution >= 4 is 34.9 Å². The molecule has 8 heteroatoms. The SMILES string of the molecule is CCOC(=O)Nc1cc(C(=O)Nc2ccc(NC(C)=[N+](C)C)cc2)ccc1OC. The Labute approximate surface area is 170 Å². The van der Waals surface area contributed by atoms with Crippen LogP contribution in [0.2, 0.25) is 0 Å². The Morgan fingerprint density at radius 2 is 1.59 bits per heavy atom. The van der Waals surface area contributed by atoms with Crippen molar-refractivity contribution in [2.45, 2.75) is 13.8 Å². The van der Waals surface area contributed by atoms with Crippen LogP contribution >= 0.6 is 0 Å². The molecule has 2 amide bonds. The molecular formula is C21H27N4O4+. The molecule has 2 rings (SSSR count). The van der Waals surface area contributed by atoms with E-state index in [-0.39, 0.29) is 12.5 Å². The molecule has 0 saturated heterocycles. The maximum Gasteiger partial charge on any atom is 0.411 e. The van der Waals surface area contributed by atoms with Crippen molar-refractivity contribution in [3.63, 3.8) is 0 Å². The van der Waals surface area contributed by atoms with Crippen molar-refractivity contribution in [3.05, 3.63) is 48.0 Å². The number of anilines is 3. The molecule has 29 heavy (non-hydrogen) atoms. The molecule has 0 atom stereocenters. The third-order valence-corrected chi connectivity index (χ3v) is 4.11. The Morgan fingerprint density at radius 1 is 0.966 bits per heavy atom. The van der Waals surface area contributed by atoms with Crippen LogP contribution in [0.1, 0.15) is 24.2 Å². The van der Waals surface area contributed by atoms with Gasteiger partial charge in [-0.3, -0.25) is 14.7 Å². The molecule has 0 aliphatic rings. The molecule has 0 aliphatic carbocycles. The smallest absolute Gasteiger partial charge is 0.411 e. The number of nitrogens with zero attached hydrogens (tertiary/aromatic N) is 1. The first-order chi connectivity index (χ1) is 13.8. The van der Waals surface area contributed by atoms with Crippen LogP contribution in [0.4, 0.5) is 21.9 Å². The fourth-order valence-electron chi connectivity index (χ4n) is 2.38. The molecule has 0 radical (unpaired) electrons. The van der Waals surface area contributed by atoms with Gasteiger partial charge in [0.15, 0.2) is 0 Å². The average Bonchev–Trinajstić information content (AvgIpc) is 2.69. The second-order valence-corrected chi connectivity index (χ2v) is 6.40. The van der Waals surface area contributed by atoms with Crippen LogP contribution in [-0.2, 0) is 4.74 Å². The molecule has 0 spiro atoms. The zero-order valence-corrected chi connectivity index (χ0v) is 17.3. The molecule has 3 N–H and O–H groups in total. The first kappa shape index (κ1) is 21.7. The topological polar surface area (TPSA) is 91.7 Å². The van der Waals surface area contributed by atoms with E-state index in [4.69, 9.17) is 9.47 Å². The maximum atomic E-state index is 12.6. The number of hydrogen-bond acceptors (Lipinski definition) is 4. The number of ether oxygens (including phenoxy) is 2. The second-order valence-electron chi connectivity index (χ2n) is 6.40. The minimum atomic E-state index is -0.615. The first-order valence-electron chi connectivity index (χ1n) is 9.15. The second kappa shape index (κ2) is 10.1. The van der Waals surface area contributed by atoms with E-state index in [0.29, 0.717) is 22.7 Å². The van der Waals surface area contributed by atoms with E-state index in [9.17, 15) is 9.59 Å². The van der Waals surface area contributed by atoms with Crippen LogP contribution in [0, 0.1) is 0 Å². The van der Waals surface area contributed by atoms with E-state index in [0.717, 1.165) is 11.5 Å². The zero-order valence-electron chi connectivity index (χ0n) is 17.3. The number of methoxy groups -OCH3 is 1. The lowest BCUT2D eigenvalue weighted by Gasteiger charge is -2.12. The summed E-state index contributed by atoms with van der Waals surface area (Å²) in [7, 11) is 5.39. The molecule has 0 bridgehead atoms. The standard InChI is InChI=1S/C21H26N4O4/c1-6-29-21(27)24-18-13-15(7-12-19(18)28-5)20(26)23-17-10-8-16(9-11-17)22-14(2)25(3)4/h7-13H,6H2,1-5H3,(H2,23,24,26,27)/p+1. The summed E-state index contributed by atoms with van der Waals surface area (Å²) in [5, 5.41) is 8.68. The number of rotatable bonds is 6. The highest BCUT2D eigenvalue weighted by Gasteiger charge is 2.13. The molecule has 0 saturated carbocycles. The van der Waals surface area contributed by atoms with E-state index in [2.05, 4.69) is 16.0 Å². The molecule has 0 unspecified atom stereocenters. The van der Waals surface area contributed by atoms with Crippen molar-refractivity contribution < 1.29 is 23.6 Å². The summed E-state index contributed by atoms with van der Waals surface area (Å²) >= 11 is 0.